The van der Waals surface area contributed by atoms with Crippen LogP contribution in [0.2, 0.25) is 0 Å². The first-order valence-corrected chi connectivity index (χ1v) is 3.75. The average molecular weight is 155 g/mol. The number of hydrogen-bond acceptors (Lipinski definition) is 2. The Morgan fingerprint density at radius 2 is 2.50 bits per heavy atom. The number of ketones is 1. The molecule has 0 aliphatic rings. The van der Waals surface area contributed by atoms with Crippen molar-refractivity contribution in [3.05, 3.63) is 24.0 Å². The number of carbonyl (C=O) groups is 1. The predicted octanol–water partition coefficient (Wildman–Crippen LogP) is 1.52. The summed E-state index contributed by atoms with van der Waals surface area (Å²) in [5.41, 5.74) is 0.675. The molecule has 1 heterocycles. The van der Waals surface area contributed by atoms with Gasteiger partial charge in [0, 0.05) is 12.6 Å². The highest BCUT2D eigenvalue weighted by Gasteiger charge is 2.02. The average Bonchev–Trinajstić information content (AvgIpc) is 2.38. The van der Waals surface area contributed by atoms with Crippen LogP contribution < -0.4 is 0 Å². The van der Waals surface area contributed by atoms with Gasteiger partial charge in [0.15, 0.2) is 5.78 Å². The first-order chi connectivity index (χ1) is 4.84. The van der Waals surface area contributed by atoms with Gasteiger partial charge in [0.05, 0.1) is 5.69 Å². The Balaban J connectivity index is 2.59. The molecule has 54 valence electrons. The molecule has 10 heavy (non-hydrogen) atoms. The third-order valence-electron chi connectivity index (χ3n) is 1.24. The fraction of sp³-hybridized carbons (Fsp3) is 0.286. The summed E-state index contributed by atoms with van der Waals surface area (Å²) in [5, 5.41) is 0. The minimum absolute atomic E-state index is 0.125. The number of carbonyl (C=O) groups excluding carboxylic acids is 1. The number of Topliss-reactive ketones (excluding diaryl/α,β-unsaturated/α-hetero) is 1. The number of H-pyrrole nitrogens is 1. The second kappa shape index (κ2) is 3.46. The summed E-state index contributed by atoms with van der Waals surface area (Å²) in [6.45, 7) is 0. The summed E-state index contributed by atoms with van der Waals surface area (Å²) in [6.07, 6.45) is 2.25. The van der Waals surface area contributed by atoms with Crippen LogP contribution in [0.5, 0.6) is 0 Å². The molecule has 3 heteroatoms. The van der Waals surface area contributed by atoms with Crippen LogP contribution >= 0.6 is 12.6 Å². The molecule has 0 atom stereocenters. The number of nitrogens with one attached hydrogen (secondary N) is 1. The molecule has 0 amide bonds. The standard InChI is InChI=1S/C7H9NOS/c9-7(3-5-10)6-2-1-4-8-6/h1-2,4,8,10H,3,5H2. The van der Waals surface area contributed by atoms with Crippen molar-refractivity contribution in [1.29, 1.82) is 0 Å². The Morgan fingerprint density at radius 1 is 1.70 bits per heavy atom. The molecule has 0 fully saturated rings. The van der Waals surface area contributed by atoms with E-state index in [1.807, 2.05) is 6.07 Å². The summed E-state index contributed by atoms with van der Waals surface area (Å²) in [5.74, 6) is 0.734. The number of aromatic nitrogens is 1. The van der Waals surface area contributed by atoms with Crippen LogP contribution in [0.4, 0.5) is 0 Å². The number of rotatable bonds is 3. The van der Waals surface area contributed by atoms with Crippen LogP contribution in [0.25, 0.3) is 0 Å². The Bertz CT molecular complexity index is 205. The van der Waals surface area contributed by atoms with Gasteiger partial charge in [-0.3, -0.25) is 4.79 Å². The fourth-order valence-corrected chi connectivity index (χ4v) is 0.943. The van der Waals surface area contributed by atoms with Crippen molar-refractivity contribution in [2.45, 2.75) is 6.42 Å². The Hall–Kier alpha value is -0.700. The highest BCUT2D eigenvalue weighted by atomic mass is 32.1. The summed E-state index contributed by atoms with van der Waals surface area (Å²) in [4.78, 5) is 13.9. The van der Waals surface area contributed by atoms with Gasteiger partial charge in [0.1, 0.15) is 0 Å². The predicted molar refractivity (Wildman–Crippen MR) is 43.6 cm³/mol. The second-order valence-electron chi connectivity index (χ2n) is 1.98. The van der Waals surface area contributed by atoms with E-state index in [1.54, 1.807) is 12.3 Å². The minimum atomic E-state index is 0.125. The lowest BCUT2D eigenvalue weighted by molar-refractivity contribution is 0.0985. The molecule has 1 rings (SSSR count). The highest BCUT2D eigenvalue weighted by Crippen LogP contribution is 1.99. The van der Waals surface area contributed by atoms with Crippen LogP contribution in [-0.2, 0) is 0 Å². The van der Waals surface area contributed by atoms with Crippen molar-refractivity contribution in [1.82, 2.24) is 4.98 Å². The van der Waals surface area contributed by atoms with E-state index in [0.717, 1.165) is 0 Å². The third kappa shape index (κ3) is 1.64. The molecule has 0 bridgehead atoms. The second-order valence-corrected chi connectivity index (χ2v) is 2.43. The van der Waals surface area contributed by atoms with Crippen LogP contribution in [0.3, 0.4) is 0 Å². The highest BCUT2D eigenvalue weighted by molar-refractivity contribution is 7.80. The summed E-state index contributed by atoms with van der Waals surface area (Å²) in [7, 11) is 0. The molecule has 0 spiro atoms. The Kier molecular flexibility index (Phi) is 2.57. The van der Waals surface area contributed by atoms with Gasteiger partial charge >= 0.3 is 0 Å². The quantitative estimate of drug-likeness (QED) is 0.503. The van der Waals surface area contributed by atoms with Crippen molar-refractivity contribution in [2.75, 3.05) is 5.75 Å². The van der Waals surface area contributed by atoms with Crippen molar-refractivity contribution in [3.63, 3.8) is 0 Å². The normalized spacial score (nSPS) is 9.70. The zero-order valence-electron chi connectivity index (χ0n) is 5.50. The Labute approximate surface area is 65.1 Å². The van der Waals surface area contributed by atoms with E-state index in [0.29, 0.717) is 17.9 Å². The van der Waals surface area contributed by atoms with E-state index in [4.69, 9.17) is 0 Å². The van der Waals surface area contributed by atoms with E-state index >= 15 is 0 Å². The fourth-order valence-electron chi connectivity index (χ4n) is 0.740. The number of hydrogen-bond donors (Lipinski definition) is 2. The molecule has 0 aliphatic carbocycles. The number of thiol groups is 1. The van der Waals surface area contributed by atoms with Gasteiger partial charge in [-0.2, -0.15) is 12.6 Å². The largest absolute Gasteiger partial charge is 0.359 e. The van der Waals surface area contributed by atoms with E-state index in [1.165, 1.54) is 0 Å². The molecule has 0 radical (unpaired) electrons. The lowest BCUT2D eigenvalue weighted by Crippen LogP contribution is -1.99. The van der Waals surface area contributed by atoms with Crippen molar-refractivity contribution in [2.24, 2.45) is 0 Å². The first kappa shape index (κ1) is 7.41. The molecule has 1 aromatic heterocycles. The topological polar surface area (TPSA) is 32.9 Å². The third-order valence-corrected chi connectivity index (χ3v) is 1.46. The van der Waals surface area contributed by atoms with Gasteiger partial charge < -0.3 is 4.98 Å². The molecule has 0 saturated carbocycles. The molecule has 0 aliphatic heterocycles. The molecule has 1 N–H and O–H groups in total. The van der Waals surface area contributed by atoms with Crippen LogP contribution in [0, 0.1) is 0 Å². The molecule has 0 saturated heterocycles. The molecule has 2 nitrogen and oxygen atoms in total. The smallest absolute Gasteiger partial charge is 0.179 e. The maximum atomic E-state index is 11.0. The maximum absolute atomic E-state index is 11.0. The van der Waals surface area contributed by atoms with Gasteiger partial charge in [-0.05, 0) is 17.9 Å². The lowest BCUT2D eigenvalue weighted by Gasteiger charge is -1.91. The summed E-state index contributed by atoms with van der Waals surface area (Å²) in [6, 6.07) is 3.58. The van der Waals surface area contributed by atoms with Crippen molar-refractivity contribution < 1.29 is 4.79 Å². The Morgan fingerprint density at radius 3 is 3.00 bits per heavy atom. The van der Waals surface area contributed by atoms with Crippen LogP contribution in [0.1, 0.15) is 16.9 Å². The minimum Gasteiger partial charge on any atom is -0.359 e. The molecular weight excluding hydrogens is 146 g/mol. The van der Waals surface area contributed by atoms with Gasteiger partial charge in [-0.15, -0.1) is 0 Å². The molecule has 1 aromatic rings. The van der Waals surface area contributed by atoms with Gasteiger partial charge in [0.2, 0.25) is 0 Å². The van der Waals surface area contributed by atoms with Crippen molar-refractivity contribution in [3.8, 4) is 0 Å². The van der Waals surface area contributed by atoms with Gasteiger partial charge in [-0.25, -0.2) is 0 Å². The van der Waals surface area contributed by atoms with Gasteiger partial charge in [-0.1, -0.05) is 0 Å². The first-order valence-electron chi connectivity index (χ1n) is 3.12. The molecular formula is C7H9NOS. The SMILES string of the molecule is O=C(CCS)c1ccc[nH]1. The van der Waals surface area contributed by atoms with Crippen molar-refractivity contribution >= 4 is 18.4 Å². The van der Waals surface area contributed by atoms with E-state index in [-0.39, 0.29) is 5.78 Å². The summed E-state index contributed by atoms with van der Waals surface area (Å²) < 4.78 is 0. The van der Waals surface area contributed by atoms with Gasteiger partial charge in [0.25, 0.3) is 0 Å². The van der Waals surface area contributed by atoms with E-state index in [9.17, 15) is 4.79 Å². The molecule has 0 unspecified atom stereocenters. The van der Waals surface area contributed by atoms with Crippen LogP contribution in [-0.4, -0.2) is 16.5 Å². The number of aromatic amines is 1. The lowest BCUT2D eigenvalue weighted by atomic mass is 10.2. The zero-order valence-corrected chi connectivity index (χ0v) is 6.40. The monoisotopic (exact) mass is 155 g/mol. The van der Waals surface area contributed by atoms with Crippen LogP contribution in [0.15, 0.2) is 18.3 Å². The summed E-state index contributed by atoms with van der Waals surface area (Å²) >= 11 is 3.96. The maximum Gasteiger partial charge on any atom is 0.179 e. The zero-order chi connectivity index (χ0) is 7.40. The van der Waals surface area contributed by atoms with E-state index < -0.39 is 0 Å². The molecule has 0 aromatic carbocycles. The van der Waals surface area contributed by atoms with E-state index in [2.05, 4.69) is 17.6 Å².